The van der Waals surface area contributed by atoms with Crippen LogP contribution in [0.2, 0.25) is 0 Å². The Morgan fingerprint density at radius 1 is 1.67 bits per heavy atom. The van der Waals surface area contributed by atoms with Gasteiger partial charge in [0.05, 0.1) is 5.92 Å². The van der Waals surface area contributed by atoms with E-state index in [1.54, 1.807) is 6.92 Å². The number of carboxylic acids is 1. The molecule has 0 bridgehead atoms. The number of hydrogen-bond donors (Lipinski definition) is 1. The van der Waals surface area contributed by atoms with Gasteiger partial charge in [0.15, 0.2) is 0 Å². The molecular formula is C12H21NO2. The summed E-state index contributed by atoms with van der Waals surface area (Å²) in [6, 6.07) is 0. The molecule has 1 heterocycles. The minimum absolute atomic E-state index is 0.213. The van der Waals surface area contributed by atoms with Gasteiger partial charge in [-0.3, -0.25) is 9.69 Å². The Balaban J connectivity index is 2.28. The lowest BCUT2D eigenvalue weighted by Crippen LogP contribution is -2.28. The van der Waals surface area contributed by atoms with Gasteiger partial charge in [-0.2, -0.15) is 0 Å². The van der Waals surface area contributed by atoms with Gasteiger partial charge in [-0.1, -0.05) is 25.5 Å². The summed E-state index contributed by atoms with van der Waals surface area (Å²) in [5.41, 5.74) is 1.44. The highest BCUT2D eigenvalue weighted by molar-refractivity contribution is 5.69. The van der Waals surface area contributed by atoms with Crippen molar-refractivity contribution in [2.75, 3.05) is 19.6 Å². The van der Waals surface area contributed by atoms with E-state index in [1.165, 1.54) is 5.57 Å². The van der Waals surface area contributed by atoms with Crippen LogP contribution in [-0.4, -0.2) is 35.6 Å². The van der Waals surface area contributed by atoms with Gasteiger partial charge in [-0.15, -0.1) is 0 Å². The quantitative estimate of drug-likeness (QED) is 0.708. The summed E-state index contributed by atoms with van der Waals surface area (Å²) in [6.45, 7) is 7.22. The molecule has 15 heavy (non-hydrogen) atoms. The Labute approximate surface area is 91.8 Å². The molecule has 1 unspecified atom stereocenters. The van der Waals surface area contributed by atoms with Crippen LogP contribution in [0.1, 0.15) is 33.1 Å². The molecule has 0 saturated heterocycles. The summed E-state index contributed by atoms with van der Waals surface area (Å²) in [5, 5.41) is 8.76. The predicted octanol–water partition coefficient (Wildman–Crippen LogP) is 2.14. The van der Waals surface area contributed by atoms with E-state index in [4.69, 9.17) is 5.11 Å². The summed E-state index contributed by atoms with van der Waals surface area (Å²) >= 11 is 0. The molecule has 0 aromatic carbocycles. The van der Waals surface area contributed by atoms with Crippen LogP contribution < -0.4 is 0 Å². The molecule has 1 aliphatic rings. The number of likely N-dealkylation sites (N-methyl/N-ethyl adjacent to an activating group) is 1. The molecule has 0 spiro atoms. The first kappa shape index (κ1) is 12.2. The summed E-state index contributed by atoms with van der Waals surface area (Å²) in [5.74, 6) is -0.892. The number of rotatable bonds is 5. The number of aliphatic carboxylic acids is 1. The van der Waals surface area contributed by atoms with Crippen molar-refractivity contribution in [3.05, 3.63) is 11.6 Å². The Morgan fingerprint density at radius 3 is 2.87 bits per heavy atom. The van der Waals surface area contributed by atoms with E-state index in [0.29, 0.717) is 0 Å². The third kappa shape index (κ3) is 4.04. The number of carboxylic acid groups (broad SMARTS) is 1. The molecule has 86 valence electrons. The minimum Gasteiger partial charge on any atom is -0.481 e. The fourth-order valence-electron chi connectivity index (χ4n) is 1.79. The summed E-state index contributed by atoms with van der Waals surface area (Å²) in [7, 11) is 0. The summed E-state index contributed by atoms with van der Waals surface area (Å²) < 4.78 is 0. The van der Waals surface area contributed by atoms with Crippen molar-refractivity contribution in [3.63, 3.8) is 0 Å². The molecular weight excluding hydrogens is 190 g/mol. The van der Waals surface area contributed by atoms with E-state index in [9.17, 15) is 4.79 Å². The number of carbonyl (C=O) groups is 1. The molecule has 1 atom stereocenters. The second kappa shape index (κ2) is 5.91. The first-order chi connectivity index (χ1) is 7.13. The summed E-state index contributed by atoms with van der Waals surface area (Å²) in [6.07, 6.45) is 5.10. The zero-order valence-electron chi connectivity index (χ0n) is 9.70. The van der Waals surface area contributed by atoms with E-state index in [-0.39, 0.29) is 5.92 Å². The monoisotopic (exact) mass is 211 g/mol. The smallest absolute Gasteiger partial charge is 0.306 e. The van der Waals surface area contributed by atoms with Gasteiger partial charge in [-0.25, -0.2) is 0 Å². The van der Waals surface area contributed by atoms with Gasteiger partial charge < -0.3 is 5.11 Å². The molecule has 3 heteroatoms. The Hall–Kier alpha value is -0.830. The number of nitrogens with zero attached hydrogens (tertiary/aromatic N) is 1. The fraction of sp³-hybridized carbons (Fsp3) is 0.750. The summed E-state index contributed by atoms with van der Waals surface area (Å²) in [4.78, 5) is 13.0. The Kier molecular flexibility index (Phi) is 4.82. The first-order valence-corrected chi connectivity index (χ1v) is 5.76. The van der Waals surface area contributed by atoms with Crippen LogP contribution in [-0.2, 0) is 4.79 Å². The molecule has 0 aromatic rings. The normalized spacial score (nSPS) is 19.7. The second-order valence-electron chi connectivity index (χ2n) is 4.28. The van der Waals surface area contributed by atoms with Crippen molar-refractivity contribution < 1.29 is 9.90 Å². The van der Waals surface area contributed by atoms with Crippen LogP contribution >= 0.6 is 0 Å². The topological polar surface area (TPSA) is 40.5 Å². The lowest BCUT2D eigenvalue weighted by atomic mass is 9.97. The molecule has 1 N–H and O–H groups in total. The SMILES string of the molecule is CCN1CC=C(CCC(C)C(=O)O)CC1. The van der Waals surface area contributed by atoms with Crippen LogP contribution in [0.4, 0.5) is 0 Å². The van der Waals surface area contributed by atoms with Crippen molar-refractivity contribution in [1.82, 2.24) is 4.90 Å². The maximum absolute atomic E-state index is 10.6. The Morgan fingerprint density at radius 2 is 2.40 bits per heavy atom. The van der Waals surface area contributed by atoms with Crippen LogP contribution in [0.3, 0.4) is 0 Å². The highest BCUT2D eigenvalue weighted by Crippen LogP contribution is 2.18. The standard InChI is InChI=1S/C12H21NO2/c1-3-13-8-6-11(7-9-13)5-4-10(2)12(14)15/h6,10H,3-5,7-9H2,1-2H3,(H,14,15). The third-order valence-electron chi connectivity index (χ3n) is 3.15. The van der Waals surface area contributed by atoms with Crippen molar-refractivity contribution in [2.24, 2.45) is 5.92 Å². The largest absolute Gasteiger partial charge is 0.481 e. The fourth-order valence-corrected chi connectivity index (χ4v) is 1.79. The van der Waals surface area contributed by atoms with Gasteiger partial charge in [0.25, 0.3) is 0 Å². The van der Waals surface area contributed by atoms with Gasteiger partial charge in [-0.05, 0) is 25.8 Å². The van der Waals surface area contributed by atoms with E-state index in [0.717, 1.165) is 38.9 Å². The van der Waals surface area contributed by atoms with Crippen LogP contribution in [0.5, 0.6) is 0 Å². The van der Waals surface area contributed by atoms with Gasteiger partial charge in [0.2, 0.25) is 0 Å². The van der Waals surface area contributed by atoms with Crippen molar-refractivity contribution in [1.29, 1.82) is 0 Å². The zero-order chi connectivity index (χ0) is 11.3. The molecule has 1 rings (SSSR count). The molecule has 3 nitrogen and oxygen atoms in total. The zero-order valence-corrected chi connectivity index (χ0v) is 9.70. The van der Waals surface area contributed by atoms with E-state index in [2.05, 4.69) is 17.9 Å². The molecule has 0 saturated carbocycles. The van der Waals surface area contributed by atoms with Crippen molar-refractivity contribution in [3.8, 4) is 0 Å². The lowest BCUT2D eigenvalue weighted by Gasteiger charge is -2.25. The van der Waals surface area contributed by atoms with Crippen molar-refractivity contribution in [2.45, 2.75) is 33.1 Å². The van der Waals surface area contributed by atoms with E-state index < -0.39 is 5.97 Å². The molecule has 0 amide bonds. The van der Waals surface area contributed by atoms with Gasteiger partial charge in [0.1, 0.15) is 0 Å². The second-order valence-corrected chi connectivity index (χ2v) is 4.28. The first-order valence-electron chi connectivity index (χ1n) is 5.76. The minimum atomic E-state index is -0.679. The van der Waals surface area contributed by atoms with E-state index >= 15 is 0 Å². The highest BCUT2D eigenvalue weighted by atomic mass is 16.4. The van der Waals surface area contributed by atoms with Gasteiger partial charge in [0, 0.05) is 13.1 Å². The van der Waals surface area contributed by atoms with E-state index in [1.807, 2.05) is 0 Å². The molecule has 1 aliphatic heterocycles. The van der Waals surface area contributed by atoms with Crippen molar-refractivity contribution >= 4 is 5.97 Å². The molecule has 0 fully saturated rings. The predicted molar refractivity (Wildman–Crippen MR) is 60.8 cm³/mol. The third-order valence-corrected chi connectivity index (χ3v) is 3.15. The average molecular weight is 211 g/mol. The van der Waals surface area contributed by atoms with Crippen LogP contribution in [0, 0.1) is 5.92 Å². The highest BCUT2D eigenvalue weighted by Gasteiger charge is 2.14. The Bertz CT molecular complexity index is 248. The van der Waals surface area contributed by atoms with Crippen LogP contribution in [0.15, 0.2) is 11.6 Å². The lowest BCUT2D eigenvalue weighted by molar-refractivity contribution is -0.141. The van der Waals surface area contributed by atoms with Crippen LogP contribution in [0.25, 0.3) is 0 Å². The maximum atomic E-state index is 10.6. The average Bonchev–Trinajstić information content (AvgIpc) is 2.26. The maximum Gasteiger partial charge on any atom is 0.306 e. The van der Waals surface area contributed by atoms with Gasteiger partial charge >= 0.3 is 5.97 Å². The molecule has 0 radical (unpaired) electrons. The molecule has 0 aromatic heterocycles. The number of hydrogen-bond acceptors (Lipinski definition) is 2. The molecule has 0 aliphatic carbocycles.